The third-order valence-electron chi connectivity index (χ3n) is 3.42. The minimum absolute atomic E-state index is 0.190. The highest BCUT2D eigenvalue weighted by molar-refractivity contribution is 4.99. The second kappa shape index (κ2) is 6.26. The normalized spacial score (nSPS) is 21.7. The lowest BCUT2D eigenvalue weighted by Gasteiger charge is -2.20. The number of likely N-dealkylation sites (N-methyl/N-ethyl adjacent to an activating group) is 1. The Hall–Kier alpha value is -0.980. The fourth-order valence-corrected chi connectivity index (χ4v) is 2.13. The molecule has 0 aromatic carbocycles. The van der Waals surface area contributed by atoms with Gasteiger partial charge >= 0.3 is 0 Å². The molecule has 2 unspecified atom stereocenters. The van der Waals surface area contributed by atoms with Gasteiger partial charge in [-0.05, 0) is 19.5 Å². The number of rotatable bonds is 6. The molecule has 6 heteroatoms. The molecule has 2 rings (SSSR count). The summed E-state index contributed by atoms with van der Waals surface area (Å²) in [5, 5.41) is 3.99. The van der Waals surface area contributed by atoms with E-state index in [0.29, 0.717) is 18.3 Å². The van der Waals surface area contributed by atoms with Gasteiger partial charge in [-0.2, -0.15) is 4.98 Å². The lowest BCUT2D eigenvalue weighted by Crippen LogP contribution is -2.32. The van der Waals surface area contributed by atoms with E-state index in [4.69, 9.17) is 15.0 Å². The molecule has 1 aromatic heterocycles. The monoisotopic (exact) mass is 254 g/mol. The molecule has 0 saturated carbocycles. The average Bonchev–Trinajstić information content (AvgIpc) is 3.04. The van der Waals surface area contributed by atoms with E-state index in [1.165, 1.54) is 0 Å². The van der Waals surface area contributed by atoms with Crippen LogP contribution in [0.25, 0.3) is 0 Å². The van der Waals surface area contributed by atoms with Gasteiger partial charge in [0.25, 0.3) is 0 Å². The molecule has 0 amide bonds. The molecule has 2 N–H and O–H groups in total. The predicted octanol–water partition coefficient (Wildman–Crippen LogP) is 0.915. The van der Waals surface area contributed by atoms with Crippen LogP contribution in [0.3, 0.4) is 0 Å². The van der Waals surface area contributed by atoms with Crippen LogP contribution in [0, 0.1) is 0 Å². The minimum atomic E-state index is -0.190. The van der Waals surface area contributed by atoms with Crippen LogP contribution in [0.2, 0.25) is 0 Å². The third kappa shape index (κ3) is 3.07. The minimum Gasteiger partial charge on any atom is -0.381 e. The zero-order valence-corrected chi connectivity index (χ0v) is 11.1. The van der Waals surface area contributed by atoms with E-state index in [0.717, 1.165) is 32.7 Å². The summed E-state index contributed by atoms with van der Waals surface area (Å²) in [6.45, 7) is 8.40. The number of aromatic nitrogens is 2. The maximum absolute atomic E-state index is 6.10. The molecular weight excluding hydrogens is 232 g/mol. The van der Waals surface area contributed by atoms with Crippen molar-refractivity contribution >= 4 is 0 Å². The van der Waals surface area contributed by atoms with Gasteiger partial charge in [0.15, 0.2) is 5.82 Å². The first-order valence-electron chi connectivity index (χ1n) is 6.63. The van der Waals surface area contributed by atoms with Gasteiger partial charge in [-0.1, -0.05) is 19.0 Å². The van der Waals surface area contributed by atoms with Crippen molar-refractivity contribution in [3.05, 3.63) is 11.7 Å². The summed E-state index contributed by atoms with van der Waals surface area (Å²) >= 11 is 0. The number of nitrogens with two attached hydrogens (primary N) is 1. The zero-order chi connectivity index (χ0) is 13.0. The standard InChI is InChI=1S/C12H22N4O2/c1-3-16(4-2)7-10(13)11-14-12(18-15-11)9-5-6-17-8-9/h9-10H,3-8,13H2,1-2H3. The molecule has 1 aliphatic heterocycles. The topological polar surface area (TPSA) is 77.4 Å². The second-order valence-electron chi connectivity index (χ2n) is 4.64. The van der Waals surface area contributed by atoms with Crippen LogP contribution < -0.4 is 5.73 Å². The fraction of sp³-hybridized carbons (Fsp3) is 0.833. The van der Waals surface area contributed by atoms with Crippen molar-refractivity contribution in [2.24, 2.45) is 5.73 Å². The van der Waals surface area contributed by atoms with Crippen molar-refractivity contribution in [3.8, 4) is 0 Å². The van der Waals surface area contributed by atoms with E-state index in [1.54, 1.807) is 0 Å². The molecule has 2 atom stereocenters. The predicted molar refractivity (Wildman–Crippen MR) is 67.2 cm³/mol. The van der Waals surface area contributed by atoms with Crippen molar-refractivity contribution in [2.45, 2.75) is 32.2 Å². The molecule has 1 aromatic rings. The zero-order valence-electron chi connectivity index (χ0n) is 11.1. The molecule has 6 nitrogen and oxygen atoms in total. The first-order valence-corrected chi connectivity index (χ1v) is 6.63. The van der Waals surface area contributed by atoms with E-state index in [9.17, 15) is 0 Å². The number of hydrogen-bond acceptors (Lipinski definition) is 6. The molecule has 1 fully saturated rings. The molecule has 2 heterocycles. The summed E-state index contributed by atoms with van der Waals surface area (Å²) < 4.78 is 10.6. The van der Waals surface area contributed by atoms with Crippen molar-refractivity contribution in [3.63, 3.8) is 0 Å². The van der Waals surface area contributed by atoms with E-state index in [-0.39, 0.29) is 12.0 Å². The Morgan fingerprint density at radius 1 is 1.44 bits per heavy atom. The summed E-state index contributed by atoms with van der Waals surface area (Å²) in [6.07, 6.45) is 0.951. The van der Waals surface area contributed by atoms with Crippen molar-refractivity contribution in [1.82, 2.24) is 15.0 Å². The van der Waals surface area contributed by atoms with Crippen molar-refractivity contribution in [2.75, 3.05) is 32.8 Å². The van der Waals surface area contributed by atoms with Gasteiger partial charge < -0.3 is 19.9 Å². The SMILES string of the molecule is CCN(CC)CC(N)c1noc(C2CCOC2)n1. The summed E-state index contributed by atoms with van der Waals surface area (Å²) in [6, 6.07) is -0.190. The van der Waals surface area contributed by atoms with E-state index in [2.05, 4.69) is 28.9 Å². The van der Waals surface area contributed by atoms with Crippen LogP contribution in [0.4, 0.5) is 0 Å². The van der Waals surface area contributed by atoms with E-state index < -0.39 is 0 Å². The lowest BCUT2D eigenvalue weighted by molar-refractivity contribution is 0.189. The van der Waals surface area contributed by atoms with Crippen molar-refractivity contribution in [1.29, 1.82) is 0 Å². The first kappa shape index (κ1) is 13.5. The quantitative estimate of drug-likeness (QED) is 0.813. The maximum Gasteiger partial charge on any atom is 0.232 e. The van der Waals surface area contributed by atoms with Crippen LogP contribution in [0.1, 0.15) is 43.9 Å². The fourth-order valence-electron chi connectivity index (χ4n) is 2.13. The van der Waals surface area contributed by atoms with E-state index >= 15 is 0 Å². The Kier molecular flexibility index (Phi) is 4.68. The molecule has 0 radical (unpaired) electrons. The summed E-state index contributed by atoms with van der Waals surface area (Å²) in [5.74, 6) is 1.51. The summed E-state index contributed by atoms with van der Waals surface area (Å²) in [5.41, 5.74) is 6.10. The number of ether oxygens (including phenoxy) is 1. The summed E-state index contributed by atoms with van der Waals surface area (Å²) in [7, 11) is 0. The van der Waals surface area contributed by atoms with E-state index in [1.807, 2.05) is 0 Å². The number of nitrogens with zero attached hydrogens (tertiary/aromatic N) is 3. The third-order valence-corrected chi connectivity index (χ3v) is 3.42. The van der Waals surface area contributed by atoms with Gasteiger partial charge in [-0.25, -0.2) is 0 Å². The Labute approximate surface area is 107 Å². The Balaban J connectivity index is 1.95. The van der Waals surface area contributed by atoms with Crippen LogP contribution in [0.15, 0.2) is 4.52 Å². The van der Waals surface area contributed by atoms with Gasteiger partial charge in [0.1, 0.15) is 0 Å². The molecular formula is C12H22N4O2. The Bertz CT molecular complexity index is 359. The van der Waals surface area contributed by atoms with Crippen LogP contribution in [-0.2, 0) is 4.74 Å². The maximum atomic E-state index is 6.10. The van der Waals surface area contributed by atoms with Gasteiger partial charge in [-0.3, -0.25) is 0 Å². The molecule has 1 saturated heterocycles. The molecule has 18 heavy (non-hydrogen) atoms. The average molecular weight is 254 g/mol. The second-order valence-corrected chi connectivity index (χ2v) is 4.64. The summed E-state index contributed by atoms with van der Waals surface area (Å²) in [4.78, 5) is 6.65. The van der Waals surface area contributed by atoms with Crippen molar-refractivity contribution < 1.29 is 9.26 Å². The van der Waals surface area contributed by atoms with Crippen LogP contribution in [0.5, 0.6) is 0 Å². The van der Waals surface area contributed by atoms with Gasteiger partial charge in [0.2, 0.25) is 5.89 Å². The van der Waals surface area contributed by atoms with Gasteiger partial charge in [-0.15, -0.1) is 0 Å². The Morgan fingerprint density at radius 3 is 2.83 bits per heavy atom. The lowest BCUT2D eigenvalue weighted by atomic mass is 10.1. The highest BCUT2D eigenvalue weighted by Crippen LogP contribution is 2.24. The smallest absolute Gasteiger partial charge is 0.232 e. The molecule has 1 aliphatic rings. The highest BCUT2D eigenvalue weighted by atomic mass is 16.5. The molecule has 102 valence electrons. The largest absolute Gasteiger partial charge is 0.381 e. The molecule has 0 spiro atoms. The molecule has 0 bridgehead atoms. The van der Waals surface area contributed by atoms with Crippen LogP contribution >= 0.6 is 0 Å². The van der Waals surface area contributed by atoms with Gasteiger partial charge in [0.05, 0.1) is 18.6 Å². The highest BCUT2D eigenvalue weighted by Gasteiger charge is 2.25. The first-order chi connectivity index (χ1) is 8.74. The molecule has 0 aliphatic carbocycles. The van der Waals surface area contributed by atoms with Gasteiger partial charge in [0, 0.05) is 13.2 Å². The van der Waals surface area contributed by atoms with Crippen LogP contribution in [-0.4, -0.2) is 47.9 Å². The Morgan fingerprint density at radius 2 is 2.22 bits per heavy atom. The number of hydrogen-bond donors (Lipinski definition) is 1.